The molecule has 1 heterocycles. The first-order valence-corrected chi connectivity index (χ1v) is 6.41. The molecule has 0 radical (unpaired) electrons. The molecule has 1 aromatic heterocycles. The van der Waals surface area contributed by atoms with Crippen molar-refractivity contribution in [3.05, 3.63) is 11.7 Å². The first-order chi connectivity index (χ1) is 6.57. The summed E-state index contributed by atoms with van der Waals surface area (Å²) in [6.45, 7) is 3.59. The molecule has 0 fully saturated rings. The minimum atomic E-state index is -3.07. The van der Waals surface area contributed by atoms with E-state index >= 15 is 0 Å². The van der Waals surface area contributed by atoms with Gasteiger partial charge < -0.3 is 4.52 Å². The van der Waals surface area contributed by atoms with Crippen molar-refractivity contribution in [1.82, 2.24) is 10.1 Å². The van der Waals surface area contributed by atoms with Crippen LogP contribution in [-0.4, -0.2) is 24.3 Å². The highest BCUT2D eigenvalue weighted by atomic mass is 32.2. The fourth-order valence-corrected chi connectivity index (χ4v) is 1.66. The number of sulfone groups is 1. The summed E-state index contributed by atoms with van der Waals surface area (Å²) in [5.41, 5.74) is 0. The van der Waals surface area contributed by atoms with Crippen LogP contribution in [0.3, 0.4) is 0 Å². The molecular formula is C8H14N2O3S. The van der Waals surface area contributed by atoms with E-state index in [1.54, 1.807) is 6.92 Å². The highest BCUT2D eigenvalue weighted by Crippen LogP contribution is 2.05. The molecule has 0 spiro atoms. The Morgan fingerprint density at radius 3 is 2.64 bits per heavy atom. The molecule has 5 nitrogen and oxygen atoms in total. The number of hydrogen-bond acceptors (Lipinski definition) is 5. The van der Waals surface area contributed by atoms with Gasteiger partial charge in [-0.3, -0.25) is 0 Å². The Morgan fingerprint density at radius 1 is 1.36 bits per heavy atom. The van der Waals surface area contributed by atoms with Crippen LogP contribution < -0.4 is 0 Å². The second kappa shape index (κ2) is 4.54. The molecule has 0 saturated carbocycles. The van der Waals surface area contributed by atoms with Gasteiger partial charge in [-0.25, -0.2) is 8.42 Å². The SMILES string of the molecule is CCCc1noc(CS(=O)(=O)CC)n1. The van der Waals surface area contributed by atoms with Crippen molar-refractivity contribution in [3.8, 4) is 0 Å². The normalized spacial score (nSPS) is 11.9. The Kier molecular flexibility index (Phi) is 3.62. The maximum absolute atomic E-state index is 11.2. The van der Waals surface area contributed by atoms with Crippen LogP contribution in [0.2, 0.25) is 0 Å². The zero-order valence-electron chi connectivity index (χ0n) is 8.36. The summed E-state index contributed by atoms with van der Waals surface area (Å²) < 4.78 is 27.2. The van der Waals surface area contributed by atoms with Crippen LogP contribution in [-0.2, 0) is 22.0 Å². The van der Waals surface area contributed by atoms with E-state index in [4.69, 9.17) is 4.52 Å². The standard InChI is InChI=1S/C8H14N2O3S/c1-3-5-7-9-8(13-10-7)6-14(11,12)4-2/h3-6H2,1-2H3. The Bertz CT molecular complexity index is 383. The summed E-state index contributed by atoms with van der Waals surface area (Å²) in [7, 11) is -3.07. The van der Waals surface area contributed by atoms with Gasteiger partial charge in [0.25, 0.3) is 0 Å². The maximum atomic E-state index is 11.2. The average molecular weight is 218 g/mol. The van der Waals surface area contributed by atoms with Crippen molar-refractivity contribution >= 4 is 9.84 Å². The van der Waals surface area contributed by atoms with Crippen LogP contribution in [0.5, 0.6) is 0 Å². The smallest absolute Gasteiger partial charge is 0.241 e. The van der Waals surface area contributed by atoms with Crippen molar-refractivity contribution in [2.75, 3.05) is 5.75 Å². The van der Waals surface area contributed by atoms with Crippen LogP contribution in [0.15, 0.2) is 4.52 Å². The Labute approximate surface area is 83.4 Å². The molecule has 0 saturated heterocycles. The van der Waals surface area contributed by atoms with Crippen molar-refractivity contribution in [2.45, 2.75) is 32.4 Å². The molecular weight excluding hydrogens is 204 g/mol. The molecule has 0 atom stereocenters. The summed E-state index contributed by atoms with van der Waals surface area (Å²) in [6, 6.07) is 0. The lowest BCUT2D eigenvalue weighted by Gasteiger charge is -1.93. The lowest BCUT2D eigenvalue weighted by Crippen LogP contribution is -2.06. The molecule has 80 valence electrons. The quantitative estimate of drug-likeness (QED) is 0.735. The molecule has 0 bridgehead atoms. The van der Waals surface area contributed by atoms with Gasteiger partial charge in [-0.05, 0) is 6.42 Å². The third kappa shape index (κ3) is 3.10. The third-order valence-electron chi connectivity index (χ3n) is 1.77. The molecule has 1 rings (SSSR count). The van der Waals surface area contributed by atoms with E-state index < -0.39 is 9.84 Å². The molecule has 14 heavy (non-hydrogen) atoms. The first kappa shape index (κ1) is 11.2. The molecule has 1 aromatic rings. The van der Waals surface area contributed by atoms with Gasteiger partial charge in [-0.15, -0.1) is 0 Å². The highest BCUT2D eigenvalue weighted by Gasteiger charge is 2.14. The van der Waals surface area contributed by atoms with Crippen molar-refractivity contribution in [2.24, 2.45) is 0 Å². The van der Waals surface area contributed by atoms with Gasteiger partial charge in [-0.2, -0.15) is 4.98 Å². The first-order valence-electron chi connectivity index (χ1n) is 4.59. The number of hydrogen-bond donors (Lipinski definition) is 0. The predicted octanol–water partition coefficient (Wildman–Crippen LogP) is 0.957. The van der Waals surface area contributed by atoms with Crippen molar-refractivity contribution in [1.29, 1.82) is 0 Å². The molecule has 0 amide bonds. The topological polar surface area (TPSA) is 73.1 Å². The highest BCUT2D eigenvalue weighted by molar-refractivity contribution is 7.90. The van der Waals surface area contributed by atoms with Crippen LogP contribution in [0.1, 0.15) is 32.0 Å². The average Bonchev–Trinajstić information content (AvgIpc) is 2.53. The van der Waals surface area contributed by atoms with Crippen molar-refractivity contribution < 1.29 is 12.9 Å². The molecule has 0 N–H and O–H groups in total. The van der Waals surface area contributed by atoms with E-state index in [9.17, 15) is 8.42 Å². The fraction of sp³-hybridized carbons (Fsp3) is 0.750. The number of aromatic nitrogens is 2. The minimum Gasteiger partial charge on any atom is -0.338 e. The van der Waals surface area contributed by atoms with E-state index in [0.29, 0.717) is 5.82 Å². The van der Waals surface area contributed by atoms with E-state index in [0.717, 1.165) is 12.8 Å². The zero-order chi connectivity index (χ0) is 10.6. The summed E-state index contributed by atoms with van der Waals surface area (Å²) in [4.78, 5) is 3.98. The number of nitrogens with zero attached hydrogens (tertiary/aromatic N) is 2. The molecule has 6 heteroatoms. The number of rotatable bonds is 5. The van der Waals surface area contributed by atoms with Crippen LogP contribution in [0.25, 0.3) is 0 Å². The van der Waals surface area contributed by atoms with Gasteiger partial charge in [-0.1, -0.05) is 19.0 Å². The van der Waals surface area contributed by atoms with E-state index in [1.807, 2.05) is 6.92 Å². The summed E-state index contributed by atoms with van der Waals surface area (Å²) in [5.74, 6) is 0.711. The van der Waals surface area contributed by atoms with E-state index in [2.05, 4.69) is 10.1 Å². The van der Waals surface area contributed by atoms with Crippen LogP contribution in [0.4, 0.5) is 0 Å². The third-order valence-corrected chi connectivity index (χ3v) is 3.33. The Morgan fingerprint density at radius 2 is 2.07 bits per heavy atom. The molecule has 0 aliphatic carbocycles. The lowest BCUT2D eigenvalue weighted by molar-refractivity contribution is 0.382. The van der Waals surface area contributed by atoms with E-state index in [-0.39, 0.29) is 17.4 Å². The van der Waals surface area contributed by atoms with Gasteiger partial charge in [0, 0.05) is 12.2 Å². The van der Waals surface area contributed by atoms with Crippen LogP contribution in [0, 0.1) is 0 Å². The predicted molar refractivity (Wildman–Crippen MR) is 51.5 cm³/mol. The molecule has 0 aliphatic rings. The van der Waals surface area contributed by atoms with Gasteiger partial charge in [0.2, 0.25) is 5.89 Å². The maximum Gasteiger partial charge on any atom is 0.241 e. The van der Waals surface area contributed by atoms with Gasteiger partial charge in [0.1, 0.15) is 5.75 Å². The Balaban J connectivity index is 2.69. The van der Waals surface area contributed by atoms with Gasteiger partial charge in [0.05, 0.1) is 0 Å². The second-order valence-electron chi connectivity index (χ2n) is 3.03. The molecule has 0 aliphatic heterocycles. The number of aryl methyl sites for hydroxylation is 1. The fourth-order valence-electron chi connectivity index (χ4n) is 0.964. The second-order valence-corrected chi connectivity index (χ2v) is 5.38. The van der Waals surface area contributed by atoms with Crippen LogP contribution >= 0.6 is 0 Å². The largest absolute Gasteiger partial charge is 0.338 e. The summed E-state index contributed by atoms with van der Waals surface area (Å²) in [5, 5.41) is 3.67. The van der Waals surface area contributed by atoms with E-state index in [1.165, 1.54) is 0 Å². The van der Waals surface area contributed by atoms with Gasteiger partial charge in [0.15, 0.2) is 15.7 Å². The summed E-state index contributed by atoms with van der Waals surface area (Å²) in [6.07, 6.45) is 1.63. The summed E-state index contributed by atoms with van der Waals surface area (Å²) >= 11 is 0. The zero-order valence-corrected chi connectivity index (χ0v) is 9.17. The van der Waals surface area contributed by atoms with Crippen molar-refractivity contribution in [3.63, 3.8) is 0 Å². The minimum absolute atomic E-state index is 0.0957. The monoisotopic (exact) mass is 218 g/mol. The molecule has 0 unspecified atom stereocenters. The Hall–Kier alpha value is -0.910. The van der Waals surface area contributed by atoms with Gasteiger partial charge >= 0.3 is 0 Å². The molecule has 0 aromatic carbocycles. The lowest BCUT2D eigenvalue weighted by atomic mass is 10.3.